The van der Waals surface area contributed by atoms with E-state index in [0.717, 1.165) is 11.8 Å². The van der Waals surface area contributed by atoms with Crippen LogP contribution in [0.15, 0.2) is 12.2 Å². The molecule has 1 fully saturated rings. The van der Waals surface area contributed by atoms with Gasteiger partial charge in [-0.1, -0.05) is 81.2 Å². The van der Waals surface area contributed by atoms with Crippen molar-refractivity contribution in [3.8, 4) is 0 Å². The van der Waals surface area contributed by atoms with Gasteiger partial charge < -0.3 is 4.12 Å². The fraction of sp³-hybridized carbons (Fsp3) is 0.917. The van der Waals surface area contributed by atoms with Gasteiger partial charge >= 0.3 is 0 Å². The molecule has 3 heteroatoms. The third kappa shape index (κ3) is 4.83. The Hall–Kier alpha value is 0.134. The van der Waals surface area contributed by atoms with E-state index >= 15 is 0 Å². The van der Waals surface area contributed by atoms with Crippen molar-refractivity contribution in [2.24, 2.45) is 11.8 Å². The van der Waals surface area contributed by atoms with E-state index in [1.807, 2.05) is 0 Å². The topological polar surface area (TPSA) is 9.23 Å². The Morgan fingerprint density at radius 2 is 1.33 bits per heavy atom. The van der Waals surface area contributed by atoms with Crippen LogP contribution in [-0.4, -0.2) is 16.6 Å². The van der Waals surface area contributed by atoms with Gasteiger partial charge in [-0.3, -0.25) is 0 Å². The standard InChI is InChI=1S/C24H50OSi2/c1-18(2)21(20-16-15-19(3)17-20)27(23(7,8)9,24(10,11)12)25-26(13,14)22(4,5)6/h19-21H,1,15-17H2,2-14H3/t19-,20+,21?/m1/s1. The first kappa shape index (κ1) is 25.2. The summed E-state index contributed by atoms with van der Waals surface area (Å²) in [5, 5.41) is 0.552. The highest BCUT2D eigenvalue weighted by molar-refractivity contribution is 6.91. The predicted molar refractivity (Wildman–Crippen MR) is 129 cm³/mol. The lowest BCUT2D eigenvalue weighted by atomic mass is 9.97. The fourth-order valence-corrected chi connectivity index (χ4v) is 18.8. The van der Waals surface area contributed by atoms with Crippen molar-refractivity contribution in [1.82, 2.24) is 0 Å². The molecule has 27 heavy (non-hydrogen) atoms. The van der Waals surface area contributed by atoms with Crippen LogP contribution in [0.3, 0.4) is 0 Å². The highest BCUT2D eigenvalue weighted by Gasteiger charge is 2.64. The first-order chi connectivity index (χ1) is 11.8. The van der Waals surface area contributed by atoms with Gasteiger partial charge in [0, 0.05) is 5.54 Å². The van der Waals surface area contributed by atoms with E-state index in [9.17, 15) is 0 Å². The summed E-state index contributed by atoms with van der Waals surface area (Å²) >= 11 is 0. The number of hydrogen-bond donors (Lipinski definition) is 0. The van der Waals surface area contributed by atoms with E-state index in [1.54, 1.807) is 0 Å². The van der Waals surface area contributed by atoms with Crippen molar-refractivity contribution in [2.75, 3.05) is 0 Å². The van der Waals surface area contributed by atoms with Gasteiger partial charge in [-0.2, -0.15) is 0 Å². The van der Waals surface area contributed by atoms with Crippen LogP contribution in [0.1, 0.15) is 95.4 Å². The zero-order chi connectivity index (χ0) is 21.6. The maximum absolute atomic E-state index is 7.71. The summed E-state index contributed by atoms with van der Waals surface area (Å²) in [5.41, 5.74) is 1.92. The van der Waals surface area contributed by atoms with Crippen LogP contribution in [-0.2, 0) is 4.12 Å². The maximum atomic E-state index is 7.71. The molecule has 160 valence electrons. The second-order valence-corrected chi connectivity index (χ2v) is 23.5. The SMILES string of the molecule is C=C(C)C([C@H]1CC[C@@H](C)C1)[Si](O[Si](C)(C)C(C)(C)C)(C(C)(C)C)C(C)(C)C. The number of allylic oxidation sites excluding steroid dienone is 1. The summed E-state index contributed by atoms with van der Waals surface area (Å²) in [6.07, 6.45) is 4.06. The van der Waals surface area contributed by atoms with Gasteiger partial charge in [0.25, 0.3) is 0 Å². The van der Waals surface area contributed by atoms with Crippen LogP contribution >= 0.6 is 0 Å². The monoisotopic (exact) mass is 410 g/mol. The largest absolute Gasteiger partial charge is 0.454 e. The molecule has 0 saturated heterocycles. The molecule has 3 atom stereocenters. The van der Waals surface area contributed by atoms with Crippen LogP contribution < -0.4 is 0 Å². The Kier molecular flexibility index (Phi) is 7.23. The molecule has 0 aromatic rings. The van der Waals surface area contributed by atoms with Gasteiger partial charge in [0.05, 0.1) is 0 Å². The molecule has 1 nitrogen and oxygen atoms in total. The highest BCUT2D eigenvalue weighted by atomic mass is 28.4. The first-order valence-electron chi connectivity index (χ1n) is 11.1. The minimum absolute atomic E-state index is 0.163. The minimum Gasteiger partial charge on any atom is -0.454 e. The van der Waals surface area contributed by atoms with E-state index in [-0.39, 0.29) is 15.1 Å². The van der Waals surface area contributed by atoms with Crippen molar-refractivity contribution < 1.29 is 4.12 Å². The summed E-state index contributed by atoms with van der Waals surface area (Å²) in [5.74, 6) is 1.59. The summed E-state index contributed by atoms with van der Waals surface area (Å²) in [7, 11) is -4.18. The van der Waals surface area contributed by atoms with Gasteiger partial charge in [-0.15, -0.1) is 6.58 Å². The van der Waals surface area contributed by atoms with Crippen LogP contribution in [0, 0.1) is 11.8 Å². The quantitative estimate of drug-likeness (QED) is 0.324. The molecule has 0 aliphatic heterocycles. The van der Waals surface area contributed by atoms with Gasteiger partial charge in [0.1, 0.15) is 0 Å². The van der Waals surface area contributed by atoms with Crippen molar-refractivity contribution in [1.29, 1.82) is 0 Å². The second kappa shape index (κ2) is 7.76. The molecular formula is C24H50OSi2. The Labute approximate surface area is 174 Å². The van der Waals surface area contributed by atoms with Crippen LogP contribution in [0.2, 0.25) is 33.7 Å². The molecule has 0 radical (unpaired) electrons. The molecule has 0 aromatic carbocycles. The summed E-state index contributed by atoms with van der Waals surface area (Å²) in [4.78, 5) is 0. The molecule has 0 aromatic heterocycles. The molecular weight excluding hydrogens is 360 g/mol. The number of hydrogen-bond acceptors (Lipinski definition) is 1. The van der Waals surface area contributed by atoms with Gasteiger partial charge in [0.2, 0.25) is 0 Å². The van der Waals surface area contributed by atoms with E-state index in [0.29, 0.717) is 5.54 Å². The summed E-state index contributed by atoms with van der Waals surface area (Å²) < 4.78 is 7.71. The van der Waals surface area contributed by atoms with Crippen molar-refractivity contribution in [3.05, 3.63) is 12.2 Å². The summed E-state index contributed by atoms with van der Waals surface area (Å²) in [6.45, 7) is 36.2. The van der Waals surface area contributed by atoms with Crippen molar-refractivity contribution >= 4 is 16.6 Å². The third-order valence-electron chi connectivity index (χ3n) is 7.63. The van der Waals surface area contributed by atoms with Gasteiger partial charge in [0.15, 0.2) is 16.6 Å². The highest BCUT2D eigenvalue weighted by Crippen LogP contribution is 2.64. The molecule has 0 bridgehead atoms. The molecule has 1 rings (SSSR count). The average molecular weight is 411 g/mol. The second-order valence-electron chi connectivity index (χ2n) is 13.1. The molecule has 0 spiro atoms. The molecule has 1 unspecified atom stereocenters. The van der Waals surface area contributed by atoms with Crippen molar-refractivity contribution in [3.63, 3.8) is 0 Å². The Morgan fingerprint density at radius 3 is 1.59 bits per heavy atom. The van der Waals surface area contributed by atoms with E-state index < -0.39 is 16.6 Å². The predicted octanol–water partition coefficient (Wildman–Crippen LogP) is 8.94. The average Bonchev–Trinajstić information content (AvgIpc) is 2.79. The first-order valence-corrected chi connectivity index (χ1v) is 16.0. The zero-order valence-electron chi connectivity index (χ0n) is 21.0. The maximum Gasteiger partial charge on any atom is 0.198 e. The molecule has 1 aliphatic rings. The normalized spacial score (nSPS) is 24.2. The fourth-order valence-electron chi connectivity index (χ4n) is 5.62. The van der Waals surface area contributed by atoms with E-state index in [2.05, 4.69) is 95.8 Å². The van der Waals surface area contributed by atoms with E-state index in [1.165, 1.54) is 24.8 Å². The lowest BCUT2D eigenvalue weighted by molar-refractivity contribution is 0.349. The molecule has 0 amide bonds. The molecule has 1 saturated carbocycles. The van der Waals surface area contributed by atoms with Crippen molar-refractivity contribution in [2.45, 2.75) is 129 Å². The Morgan fingerprint density at radius 1 is 0.889 bits per heavy atom. The third-order valence-corrected chi connectivity index (χ3v) is 20.9. The minimum atomic E-state index is -2.27. The Balaban J connectivity index is 3.72. The lowest BCUT2D eigenvalue weighted by Crippen LogP contribution is -2.65. The van der Waals surface area contributed by atoms with E-state index in [4.69, 9.17) is 4.12 Å². The molecule has 0 heterocycles. The lowest BCUT2D eigenvalue weighted by Gasteiger charge is -2.61. The molecule has 1 aliphatic carbocycles. The van der Waals surface area contributed by atoms with Crippen LogP contribution in [0.25, 0.3) is 0 Å². The zero-order valence-corrected chi connectivity index (χ0v) is 23.0. The summed E-state index contributed by atoms with van der Waals surface area (Å²) in [6, 6.07) is 0. The molecule has 0 N–H and O–H groups in total. The smallest absolute Gasteiger partial charge is 0.198 e. The van der Waals surface area contributed by atoms with Crippen LogP contribution in [0.4, 0.5) is 0 Å². The van der Waals surface area contributed by atoms with Crippen LogP contribution in [0.5, 0.6) is 0 Å². The van der Waals surface area contributed by atoms with Gasteiger partial charge in [-0.25, -0.2) is 0 Å². The number of rotatable bonds is 5. The Bertz CT molecular complexity index is 514. The van der Waals surface area contributed by atoms with Gasteiger partial charge in [-0.05, 0) is 59.8 Å².